The van der Waals surface area contributed by atoms with Crippen LogP contribution >= 0.6 is 0 Å². The molecule has 29 heavy (non-hydrogen) atoms. The molecule has 6 nitrogen and oxygen atoms in total. The van der Waals surface area contributed by atoms with Crippen LogP contribution in [0.3, 0.4) is 0 Å². The first-order chi connectivity index (χ1) is 14.2. The number of hydrogen-bond donors (Lipinski definition) is 1. The van der Waals surface area contributed by atoms with Gasteiger partial charge in [0.1, 0.15) is 18.2 Å². The van der Waals surface area contributed by atoms with Crippen LogP contribution in [-0.4, -0.2) is 51.5 Å². The summed E-state index contributed by atoms with van der Waals surface area (Å²) in [6.45, 7) is 3.80. The van der Waals surface area contributed by atoms with E-state index in [9.17, 15) is 9.18 Å². The SMILES string of the molecule is O=C(Nc1ccc(N2CCOCC2)c(F)c1)c1ccc(OCC2CCCO2)cc1. The first kappa shape index (κ1) is 19.7. The molecule has 0 bridgehead atoms. The van der Waals surface area contributed by atoms with Crippen LogP contribution in [-0.2, 0) is 9.47 Å². The molecule has 7 heteroatoms. The van der Waals surface area contributed by atoms with Gasteiger partial charge in [-0.25, -0.2) is 4.39 Å². The van der Waals surface area contributed by atoms with E-state index in [1.807, 2.05) is 4.90 Å². The van der Waals surface area contributed by atoms with E-state index < -0.39 is 0 Å². The van der Waals surface area contributed by atoms with Crippen molar-refractivity contribution in [3.63, 3.8) is 0 Å². The van der Waals surface area contributed by atoms with Crippen LogP contribution in [0.2, 0.25) is 0 Å². The summed E-state index contributed by atoms with van der Waals surface area (Å²) in [5.41, 5.74) is 1.43. The summed E-state index contributed by atoms with van der Waals surface area (Å²) in [6, 6.07) is 11.7. The highest BCUT2D eigenvalue weighted by Gasteiger charge is 2.17. The molecule has 1 atom stereocenters. The highest BCUT2D eigenvalue weighted by Crippen LogP contribution is 2.24. The van der Waals surface area contributed by atoms with Crippen LogP contribution in [0.4, 0.5) is 15.8 Å². The number of hydrogen-bond acceptors (Lipinski definition) is 5. The summed E-state index contributed by atoms with van der Waals surface area (Å²) in [4.78, 5) is 14.4. The van der Waals surface area contributed by atoms with Crippen molar-refractivity contribution in [1.29, 1.82) is 0 Å². The minimum atomic E-state index is -0.359. The lowest BCUT2D eigenvalue weighted by Gasteiger charge is -2.29. The fraction of sp³-hybridized carbons (Fsp3) is 0.409. The van der Waals surface area contributed by atoms with Gasteiger partial charge in [0.05, 0.1) is 25.0 Å². The van der Waals surface area contributed by atoms with Crippen molar-refractivity contribution in [2.45, 2.75) is 18.9 Å². The topological polar surface area (TPSA) is 60.0 Å². The zero-order valence-electron chi connectivity index (χ0n) is 16.2. The Kier molecular flexibility index (Phi) is 6.27. The summed E-state index contributed by atoms with van der Waals surface area (Å²) in [7, 11) is 0. The van der Waals surface area contributed by atoms with Gasteiger partial charge in [-0.05, 0) is 55.3 Å². The molecule has 2 heterocycles. The smallest absolute Gasteiger partial charge is 0.255 e. The molecule has 2 aromatic carbocycles. The molecule has 0 radical (unpaired) electrons. The number of carbonyl (C=O) groups is 1. The van der Waals surface area contributed by atoms with E-state index in [0.717, 1.165) is 19.4 Å². The van der Waals surface area contributed by atoms with Gasteiger partial charge in [0.25, 0.3) is 5.91 Å². The number of benzene rings is 2. The standard InChI is InChI=1S/C22H25FN2O4/c23-20-14-17(5-8-21(20)25-9-12-27-13-10-25)24-22(26)16-3-6-18(7-4-16)29-15-19-2-1-11-28-19/h3-8,14,19H,1-2,9-13,15H2,(H,24,26). The second-order valence-electron chi connectivity index (χ2n) is 7.19. The van der Waals surface area contributed by atoms with E-state index in [2.05, 4.69) is 5.32 Å². The molecule has 2 saturated heterocycles. The molecule has 2 aliphatic rings. The Bertz CT molecular complexity index is 831. The number of morpholine rings is 1. The first-order valence-corrected chi connectivity index (χ1v) is 9.97. The third-order valence-corrected chi connectivity index (χ3v) is 5.13. The van der Waals surface area contributed by atoms with Gasteiger partial charge in [-0.1, -0.05) is 0 Å². The largest absolute Gasteiger partial charge is 0.491 e. The Morgan fingerprint density at radius 2 is 1.93 bits per heavy atom. The second kappa shape index (κ2) is 9.24. The van der Waals surface area contributed by atoms with Crippen LogP contribution in [0.1, 0.15) is 23.2 Å². The van der Waals surface area contributed by atoms with E-state index in [-0.39, 0.29) is 17.8 Å². The normalized spacial score (nSPS) is 19.2. The van der Waals surface area contributed by atoms with Crippen molar-refractivity contribution < 1.29 is 23.4 Å². The van der Waals surface area contributed by atoms with Crippen LogP contribution in [0.15, 0.2) is 42.5 Å². The molecule has 0 aliphatic carbocycles. The monoisotopic (exact) mass is 400 g/mol. The van der Waals surface area contributed by atoms with Crippen molar-refractivity contribution in [3.05, 3.63) is 53.8 Å². The van der Waals surface area contributed by atoms with E-state index in [0.29, 0.717) is 55.6 Å². The Hall–Kier alpha value is -2.64. The zero-order valence-corrected chi connectivity index (χ0v) is 16.2. The number of ether oxygens (including phenoxy) is 3. The lowest BCUT2D eigenvalue weighted by Crippen LogP contribution is -2.36. The number of anilines is 2. The number of amides is 1. The molecule has 4 rings (SSSR count). The highest BCUT2D eigenvalue weighted by atomic mass is 19.1. The first-order valence-electron chi connectivity index (χ1n) is 9.97. The molecule has 154 valence electrons. The molecule has 1 unspecified atom stereocenters. The molecule has 0 aromatic heterocycles. The lowest BCUT2D eigenvalue weighted by atomic mass is 10.2. The quantitative estimate of drug-likeness (QED) is 0.805. The molecule has 1 N–H and O–H groups in total. The van der Waals surface area contributed by atoms with Gasteiger partial charge in [-0.2, -0.15) is 0 Å². The van der Waals surface area contributed by atoms with Crippen LogP contribution in [0.5, 0.6) is 5.75 Å². The van der Waals surface area contributed by atoms with Crippen molar-refractivity contribution in [2.24, 2.45) is 0 Å². The van der Waals surface area contributed by atoms with Gasteiger partial charge in [-0.15, -0.1) is 0 Å². The van der Waals surface area contributed by atoms with Gasteiger partial charge in [0.15, 0.2) is 0 Å². The Balaban J connectivity index is 1.34. The minimum Gasteiger partial charge on any atom is -0.491 e. The van der Waals surface area contributed by atoms with Gasteiger partial charge >= 0.3 is 0 Å². The number of nitrogens with one attached hydrogen (secondary N) is 1. The van der Waals surface area contributed by atoms with E-state index in [1.54, 1.807) is 36.4 Å². The minimum absolute atomic E-state index is 0.147. The maximum Gasteiger partial charge on any atom is 0.255 e. The number of rotatable bonds is 6. The van der Waals surface area contributed by atoms with Gasteiger partial charge in [-0.3, -0.25) is 4.79 Å². The summed E-state index contributed by atoms with van der Waals surface area (Å²) >= 11 is 0. The molecule has 2 fully saturated rings. The van der Waals surface area contributed by atoms with E-state index >= 15 is 0 Å². The molecule has 0 spiro atoms. The van der Waals surface area contributed by atoms with Crippen LogP contribution in [0.25, 0.3) is 0 Å². The Morgan fingerprint density at radius 3 is 2.62 bits per heavy atom. The number of carbonyl (C=O) groups excluding carboxylic acids is 1. The highest BCUT2D eigenvalue weighted by molar-refractivity contribution is 6.04. The van der Waals surface area contributed by atoms with Crippen molar-refractivity contribution in [1.82, 2.24) is 0 Å². The lowest BCUT2D eigenvalue weighted by molar-refractivity contribution is 0.0679. The Morgan fingerprint density at radius 1 is 1.14 bits per heavy atom. The molecular weight excluding hydrogens is 375 g/mol. The van der Waals surface area contributed by atoms with Crippen LogP contribution in [0, 0.1) is 5.82 Å². The maximum atomic E-state index is 14.5. The van der Waals surface area contributed by atoms with Crippen molar-refractivity contribution >= 4 is 17.3 Å². The summed E-state index contributed by atoms with van der Waals surface area (Å²) in [6.07, 6.45) is 2.23. The molecule has 2 aliphatic heterocycles. The van der Waals surface area contributed by atoms with Gasteiger partial charge in [0.2, 0.25) is 0 Å². The molecule has 0 saturated carbocycles. The third-order valence-electron chi connectivity index (χ3n) is 5.13. The average Bonchev–Trinajstić information content (AvgIpc) is 3.27. The van der Waals surface area contributed by atoms with Crippen molar-refractivity contribution in [2.75, 3.05) is 49.7 Å². The van der Waals surface area contributed by atoms with Crippen LogP contribution < -0.4 is 15.0 Å². The molecular formula is C22H25FN2O4. The summed E-state index contributed by atoms with van der Waals surface area (Å²) in [5.74, 6) is 0.0368. The van der Waals surface area contributed by atoms with Crippen molar-refractivity contribution in [3.8, 4) is 5.75 Å². The van der Waals surface area contributed by atoms with Gasteiger partial charge < -0.3 is 24.4 Å². The van der Waals surface area contributed by atoms with Gasteiger partial charge in [0, 0.05) is 30.9 Å². The third kappa shape index (κ3) is 5.05. The molecule has 1 amide bonds. The average molecular weight is 400 g/mol. The summed E-state index contributed by atoms with van der Waals surface area (Å²) in [5, 5.41) is 2.74. The number of nitrogens with zero attached hydrogens (tertiary/aromatic N) is 1. The zero-order chi connectivity index (χ0) is 20.1. The van der Waals surface area contributed by atoms with E-state index in [4.69, 9.17) is 14.2 Å². The van der Waals surface area contributed by atoms with E-state index in [1.165, 1.54) is 6.07 Å². The maximum absolute atomic E-state index is 14.5. The molecule has 2 aromatic rings. The number of halogens is 1. The fourth-order valence-electron chi connectivity index (χ4n) is 3.52. The summed E-state index contributed by atoms with van der Waals surface area (Å²) < 4.78 is 31.0. The predicted molar refractivity (Wildman–Crippen MR) is 108 cm³/mol. The Labute approximate surface area is 169 Å². The fourth-order valence-corrected chi connectivity index (χ4v) is 3.52. The second-order valence-corrected chi connectivity index (χ2v) is 7.19. The predicted octanol–water partition coefficient (Wildman–Crippen LogP) is 3.47.